The molecule has 0 aromatic carbocycles. The molecule has 6 nitrogen and oxygen atoms in total. The Morgan fingerprint density at radius 2 is 2.00 bits per heavy atom. The van der Waals surface area contributed by atoms with Crippen LogP contribution in [0.15, 0.2) is 0 Å². The van der Waals surface area contributed by atoms with Gasteiger partial charge >= 0.3 is 0 Å². The summed E-state index contributed by atoms with van der Waals surface area (Å²) in [5, 5.41) is 9.05. The summed E-state index contributed by atoms with van der Waals surface area (Å²) in [5.41, 5.74) is 0. The van der Waals surface area contributed by atoms with E-state index in [0.29, 0.717) is 25.6 Å². The van der Waals surface area contributed by atoms with E-state index in [2.05, 4.69) is 16.7 Å². The highest BCUT2D eigenvalue weighted by atomic mass is 32.2. The van der Waals surface area contributed by atoms with Crippen LogP contribution in [0.5, 0.6) is 0 Å². The Morgan fingerprint density at radius 1 is 1.26 bits per heavy atom. The van der Waals surface area contributed by atoms with Gasteiger partial charge in [-0.05, 0) is 19.4 Å². The van der Waals surface area contributed by atoms with E-state index in [9.17, 15) is 8.42 Å². The molecule has 0 aromatic rings. The molecule has 2 N–H and O–H groups in total. The van der Waals surface area contributed by atoms with Crippen molar-refractivity contribution in [2.75, 3.05) is 45.1 Å². The van der Waals surface area contributed by atoms with Crippen LogP contribution in [-0.4, -0.2) is 79.0 Å². The molecule has 0 amide bonds. The molecule has 114 valence electrons. The summed E-state index contributed by atoms with van der Waals surface area (Å²) >= 11 is 0. The lowest BCUT2D eigenvalue weighted by molar-refractivity contribution is 0.0557. The molecular weight excluding hydrogens is 268 g/mol. The van der Waals surface area contributed by atoms with Gasteiger partial charge in [0.1, 0.15) is 0 Å². The smallest absolute Gasteiger partial charge is 0.264 e. The first-order chi connectivity index (χ1) is 8.96. The number of nitrogens with zero attached hydrogens (tertiary/aromatic N) is 2. The summed E-state index contributed by atoms with van der Waals surface area (Å²) in [5.74, 6) is -0.164. The van der Waals surface area contributed by atoms with Crippen LogP contribution in [-0.2, 0) is 10.1 Å². The monoisotopic (exact) mass is 294 g/mol. The van der Waals surface area contributed by atoms with Crippen LogP contribution < -0.4 is 0 Å². The summed E-state index contributed by atoms with van der Waals surface area (Å²) in [6.07, 6.45) is 2.66. The third-order valence-electron chi connectivity index (χ3n) is 3.57. The highest BCUT2D eigenvalue weighted by Gasteiger charge is 2.25. The average Bonchev–Trinajstić information content (AvgIpc) is 2.31. The van der Waals surface area contributed by atoms with Gasteiger partial charge in [-0.25, -0.2) is 0 Å². The number of rotatable bonds is 8. The molecule has 0 aliphatic carbocycles. The third kappa shape index (κ3) is 6.67. The normalized spacial score (nSPS) is 22.8. The first-order valence-corrected chi connectivity index (χ1v) is 8.59. The molecule has 0 bridgehead atoms. The van der Waals surface area contributed by atoms with Crippen molar-refractivity contribution in [2.45, 2.75) is 32.2 Å². The Balaban J connectivity index is 2.38. The van der Waals surface area contributed by atoms with Crippen molar-refractivity contribution >= 4 is 10.1 Å². The molecule has 1 fully saturated rings. The molecule has 1 saturated heterocycles. The Bertz CT molecular complexity index is 348. The topological polar surface area (TPSA) is 81.1 Å². The predicted molar refractivity (Wildman–Crippen MR) is 74.8 cm³/mol. The van der Waals surface area contributed by atoms with E-state index < -0.39 is 10.1 Å². The van der Waals surface area contributed by atoms with E-state index in [0.717, 1.165) is 32.5 Å². The van der Waals surface area contributed by atoms with Crippen LogP contribution >= 0.6 is 0 Å². The van der Waals surface area contributed by atoms with Crippen molar-refractivity contribution in [3.05, 3.63) is 0 Å². The lowest BCUT2D eigenvalue weighted by Crippen LogP contribution is -2.53. The fraction of sp³-hybridized carbons (Fsp3) is 1.00. The minimum atomic E-state index is -3.84. The molecular formula is C12H26N2O4S. The van der Waals surface area contributed by atoms with Crippen molar-refractivity contribution in [3.8, 4) is 0 Å². The minimum Gasteiger partial charge on any atom is -0.395 e. The highest BCUT2D eigenvalue weighted by molar-refractivity contribution is 7.85. The Hall–Kier alpha value is -0.210. The minimum absolute atomic E-state index is 0.164. The molecule has 1 aliphatic heterocycles. The molecule has 1 aliphatic rings. The number of hydrogen-bond donors (Lipinski definition) is 2. The number of β-amino-alcohol motifs (C(OH)–C–C–N with tert-alkyl or cyclic N) is 1. The number of piperazine rings is 1. The third-order valence-corrected chi connectivity index (χ3v) is 4.38. The van der Waals surface area contributed by atoms with Gasteiger partial charge in [0.05, 0.1) is 12.4 Å². The lowest BCUT2D eigenvalue weighted by Gasteiger charge is -2.41. The molecule has 0 radical (unpaired) electrons. The second kappa shape index (κ2) is 8.16. The molecule has 1 rings (SSSR count). The number of aliphatic hydroxyl groups is 1. The van der Waals surface area contributed by atoms with Gasteiger partial charge in [-0.1, -0.05) is 13.3 Å². The first kappa shape index (κ1) is 16.8. The van der Waals surface area contributed by atoms with Crippen LogP contribution in [0.2, 0.25) is 0 Å². The fourth-order valence-corrected chi connectivity index (χ4v) is 3.15. The Morgan fingerprint density at radius 3 is 2.58 bits per heavy atom. The summed E-state index contributed by atoms with van der Waals surface area (Å²) in [6.45, 7) is 6.47. The summed E-state index contributed by atoms with van der Waals surface area (Å²) in [4.78, 5) is 4.56. The second-order valence-corrected chi connectivity index (χ2v) is 6.71. The van der Waals surface area contributed by atoms with Gasteiger partial charge in [0.25, 0.3) is 10.1 Å². The van der Waals surface area contributed by atoms with Crippen LogP contribution in [0.25, 0.3) is 0 Å². The van der Waals surface area contributed by atoms with Crippen molar-refractivity contribution in [1.29, 1.82) is 0 Å². The Kier molecular flexibility index (Phi) is 7.23. The fourth-order valence-electron chi connectivity index (χ4n) is 2.66. The standard InChI is InChI=1S/C12H26N2O4S/c1-2-4-12-11-13(5-3-10-19(16,17)18)6-7-14(12)8-9-15/h12,15H,2-11H2,1H3,(H,16,17,18). The van der Waals surface area contributed by atoms with Crippen LogP contribution in [0, 0.1) is 0 Å². The van der Waals surface area contributed by atoms with E-state index >= 15 is 0 Å². The molecule has 0 spiro atoms. The van der Waals surface area contributed by atoms with Crippen LogP contribution in [0.1, 0.15) is 26.2 Å². The largest absolute Gasteiger partial charge is 0.395 e. The predicted octanol–water partition coefficient (Wildman–Crippen LogP) is 0.0429. The van der Waals surface area contributed by atoms with Gasteiger partial charge in [-0.15, -0.1) is 0 Å². The second-order valence-electron chi connectivity index (χ2n) is 5.14. The lowest BCUT2D eigenvalue weighted by atomic mass is 10.1. The Labute approximate surface area is 116 Å². The average molecular weight is 294 g/mol. The van der Waals surface area contributed by atoms with Gasteiger partial charge in [0.2, 0.25) is 0 Å². The highest BCUT2D eigenvalue weighted by Crippen LogP contribution is 2.14. The van der Waals surface area contributed by atoms with Crippen molar-refractivity contribution < 1.29 is 18.1 Å². The molecule has 0 aromatic heterocycles. The van der Waals surface area contributed by atoms with E-state index in [-0.39, 0.29) is 12.4 Å². The zero-order chi connectivity index (χ0) is 14.3. The van der Waals surface area contributed by atoms with Crippen molar-refractivity contribution in [1.82, 2.24) is 9.80 Å². The van der Waals surface area contributed by atoms with Crippen molar-refractivity contribution in [2.24, 2.45) is 0 Å². The van der Waals surface area contributed by atoms with Gasteiger partial charge in [-0.2, -0.15) is 8.42 Å². The maximum absolute atomic E-state index is 10.7. The molecule has 1 atom stereocenters. The maximum atomic E-state index is 10.7. The zero-order valence-corrected chi connectivity index (χ0v) is 12.5. The summed E-state index contributed by atoms with van der Waals surface area (Å²) in [6, 6.07) is 0.441. The molecule has 1 heterocycles. The van der Waals surface area contributed by atoms with Crippen molar-refractivity contribution in [3.63, 3.8) is 0 Å². The van der Waals surface area contributed by atoms with E-state index in [1.165, 1.54) is 0 Å². The van der Waals surface area contributed by atoms with Crippen LogP contribution in [0.4, 0.5) is 0 Å². The first-order valence-electron chi connectivity index (χ1n) is 6.98. The van der Waals surface area contributed by atoms with E-state index in [1.807, 2.05) is 0 Å². The number of hydrogen-bond acceptors (Lipinski definition) is 5. The van der Waals surface area contributed by atoms with Gasteiger partial charge < -0.3 is 10.0 Å². The van der Waals surface area contributed by atoms with Gasteiger partial charge in [0.15, 0.2) is 0 Å². The molecule has 0 saturated carbocycles. The zero-order valence-electron chi connectivity index (χ0n) is 11.7. The van der Waals surface area contributed by atoms with Gasteiger partial charge in [-0.3, -0.25) is 9.45 Å². The summed E-state index contributed by atoms with van der Waals surface area (Å²) in [7, 11) is -3.84. The maximum Gasteiger partial charge on any atom is 0.264 e. The number of aliphatic hydroxyl groups excluding tert-OH is 1. The molecule has 19 heavy (non-hydrogen) atoms. The van der Waals surface area contributed by atoms with E-state index in [1.54, 1.807) is 0 Å². The molecule has 1 unspecified atom stereocenters. The molecule has 7 heteroatoms. The van der Waals surface area contributed by atoms with E-state index in [4.69, 9.17) is 9.66 Å². The summed E-state index contributed by atoms with van der Waals surface area (Å²) < 4.78 is 30.1. The van der Waals surface area contributed by atoms with Gasteiger partial charge in [0, 0.05) is 32.2 Å². The quantitative estimate of drug-likeness (QED) is 0.615. The van der Waals surface area contributed by atoms with Crippen LogP contribution in [0.3, 0.4) is 0 Å². The SMILES string of the molecule is CCCC1CN(CCCS(=O)(=O)O)CCN1CCO.